The second-order valence-electron chi connectivity index (χ2n) is 4.73. The van der Waals surface area contributed by atoms with E-state index >= 15 is 0 Å². The molecule has 6 nitrogen and oxygen atoms in total. The molecule has 1 aromatic rings. The third kappa shape index (κ3) is 3.17. The highest BCUT2D eigenvalue weighted by atomic mass is 16.5. The third-order valence-electron chi connectivity index (χ3n) is 3.36. The number of hydrogen-bond donors (Lipinski definition) is 0. The van der Waals surface area contributed by atoms with Gasteiger partial charge in [-0.15, -0.1) is 0 Å². The Bertz CT molecular complexity index is 557. The van der Waals surface area contributed by atoms with Crippen molar-refractivity contribution in [1.82, 2.24) is 5.01 Å². The van der Waals surface area contributed by atoms with Crippen molar-refractivity contribution < 1.29 is 14.3 Å². The number of amides is 2. The second kappa shape index (κ2) is 6.60. The van der Waals surface area contributed by atoms with E-state index in [1.54, 1.807) is 19.0 Å². The van der Waals surface area contributed by atoms with Crippen LogP contribution in [-0.4, -0.2) is 48.8 Å². The highest BCUT2D eigenvalue weighted by Crippen LogP contribution is 2.23. The number of carbonyl (C=O) groups is 2. The lowest BCUT2D eigenvalue weighted by Crippen LogP contribution is -2.38. The van der Waals surface area contributed by atoms with Gasteiger partial charge in [0.15, 0.2) is 0 Å². The van der Waals surface area contributed by atoms with Gasteiger partial charge in [-0.1, -0.05) is 18.2 Å². The van der Waals surface area contributed by atoms with Gasteiger partial charge in [-0.05, 0) is 26.0 Å². The van der Waals surface area contributed by atoms with Crippen molar-refractivity contribution in [3.63, 3.8) is 0 Å². The van der Waals surface area contributed by atoms with Gasteiger partial charge in [-0.2, -0.15) is 0 Å². The molecule has 1 unspecified atom stereocenters. The fourth-order valence-electron chi connectivity index (χ4n) is 2.15. The van der Waals surface area contributed by atoms with Crippen LogP contribution in [0.5, 0.6) is 0 Å². The highest BCUT2D eigenvalue weighted by Gasteiger charge is 2.40. The molecule has 1 saturated heterocycles. The molecule has 21 heavy (non-hydrogen) atoms. The number of para-hydroxylation sites is 1. The Balaban J connectivity index is 2.24. The van der Waals surface area contributed by atoms with Crippen molar-refractivity contribution in [1.29, 1.82) is 0 Å². The van der Waals surface area contributed by atoms with Crippen LogP contribution >= 0.6 is 0 Å². The van der Waals surface area contributed by atoms with Crippen LogP contribution in [0.15, 0.2) is 35.3 Å². The Labute approximate surface area is 124 Å². The first-order valence-electron chi connectivity index (χ1n) is 6.87. The molecule has 1 aromatic carbocycles. The van der Waals surface area contributed by atoms with Gasteiger partial charge in [0.1, 0.15) is 12.3 Å². The Morgan fingerprint density at radius 2 is 2.00 bits per heavy atom. The van der Waals surface area contributed by atoms with Crippen LogP contribution in [-0.2, 0) is 14.3 Å². The predicted octanol–water partition coefficient (Wildman–Crippen LogP) is 1.27. The topological polar surface area (TPSA) is 62.2 Å². The number of nitrogens with zero attached hydrogens (tertiary/aromatic N) is 3. The van der Waals surface area contributed by atoms with E-state index in [2.05, 4.69) is 4.99 Å². The maximum absolute atomic E-state index is 12.5. The maximum atomic E-state index is 12.5. The molecule has 2 amide bonds. The minimum Gasteiger partial charge on any atom is -0.372 e. The van der Waals surface area contributed by atoms with E-state index in [-0.39, 0.29) is 24.3 Å². The van der Waals surface area contributed by atoms with Gasteiger partial charge >= 0.3 is 0 Å². The molecule has 0 N–H and O–H groups in total. The van der Waals surface area contributed by atoms with Crippen LogP contribution in [0.1, 0.15) is 13.8 Å². The van der Waals surface area contributed by atoms with Gasteiger partial charge in [-0.3, -0.25) is 9.59 Å². The molecular formula is C15H19N3O3. The molecule has 0 aromatic heterocycles. The summed E-state index contributed by atoms with van der Waals surface area (Å²) in [6, 6.07) is 9.02. The summed E-state index contributed by atoms with van der Waals surface area (Å²) < 4.78 is 5.02. The summed E-state index contributed by atoms with van der Waals surface area (Å²) in [5.41, 5.74) is 0.991. The molecule has 6 heteroatoms. The normalized spacial score (nSPS) is 21.3. The highest BCUT2D eigenvalue weighted by molar-refractivity contribution is 6.48. The summed E-state index contributed by atoms with van der Waals surface area (Å²) in [7, 11) is 1.80. The van der Waals surface area contributed by atoms with Gasteiger partial charge < -0.3 is 4.74 Å². The third-order valence-corrected chi connectivity index (χ3v) is 3.36. The Kier molecular flexibility index (Phi) is 4.82. The van der Waals surface area contributed by atoms with Crippen LogP contribution in [0.2, 0.25) is 0 Å². The first kappa shape index (κ1) is 15.3. The van der Waals surface area contributed by atoms with Crippen LogP contribution in [0, 0.1) is 0 Å². The van der Waals surface area contributed by atoms with E-state index in [1.165, 1.54) is 5.01 Å². The number of benzene rings is 1. The van der Waals surface area contributed by atoms with Crippen molar-refractivity contribution in [2.24, 2.45) is 4.99 Å². The van der Waals surface area contributed by atoms with Gasteiger partial charge in [0.25, 0.3) is 11.8 Å². The number of anilines is 1. The van der Waals surface area contributed by atoms with E-state index in [0.717, 1.165) is 5.69 Å². The first-order chi connectivity index (χ1) is 10.1. The molecule has 0 bridgehead atoms. The lowest BCUT2D eigenvalue weighted by Gasteiger charge is -2.25. The van der Waals surface area contributed by atoms with Crippen molar-refractivity contribution in [2.45, 2.75) is 19.9 Å². The minimum absolute atomic E-state index is 0.102. The van der Waals surface area contributed by atoms with Crippen molar-refractivity contribution >= 4 is 23.2 Å². The summed E-state index contributed by atoms with van der Waals surface area (Å²) in [6.07, 6.45) is 0. The number of rotatable bonds is 4. The van der Waals surface area contributed by atoms with Gasteiger partial charge in [-0.25, -0.2) is 15.0 Å². The van der Waals surface area contributed by atoms with Crippen LogP contribution in [0.25, 0.3) is 0 Å². The molecule has 2 rings (SSSR count). The smallest absolute Gasteiger partial charge is 0.289 e. The number of carbonyl (C=O) groups excluding carboxylic acids is 2. The SMILES string of the molecule is CCOCC(=O)N=C1C(=O)N(c2ccccc2)N(C)C1C. The molecular weight excluding hydrogens is 270 g/mol. The van der Waals surface area contributed by atoms with Crippen LogP contribution in [0.4, 0.5) is 5.69 Å². The molecule has 112 valence electrons. The molecule has 0 spiro atoms. The zero-order chi connectivity index (χ0) is 15.4. The van der Waals surface area contributed by atoms with Crippen molar-refractivity contribution in [3.05, 3.63) is 30.3 Å². The predicted molar refractivity (Wildman–Crippen MR) is 80.1 cm³/mol. The quantitative estimate of drug-likeness (QED) is 0.837. The first-order valence-corrected chi connectivity index (χ1v) is 6.87. The molecule has 1 heterocycles. The van der Waals surface area contributed by atoms with E-state index in [9.17, 15) is 9.59 Å². The molecule has 1 aliphatic rings. The lowest BCUT2D eigenvalue weighted by atomic mass is 10.2. The summed E-state index contributed by atoms with van der Waals surface area (Å²) in [5, 5.41) is 3.29. The van der Waals surface area contributed by atoms with E-state index in [1.807, 2.05) is 37.3 Å². The number of aliphatic imine (C=N–C) groups is 1. The molecule has 0 aliphatic carbocycles. The maximum Gasteiger partial charge on any atom is 0.289 e. The summed E-state index contributed by atoms with van der Waals surface area (Å²) in [6.45, 7) is 3.98. The van der Waals surface area contributed by atoms with E-state index < -0.39 is 5.91 Å². The van der Waals surface area contributed by atoms with Crippen molar-refractivity contribution in [3.8, 4) is 0 Å². The van der Waals surface area contributed by atoms with Crippen molar-refractivity contribution in [2.75, 3.05) is 25.3 Å². The Morgan fingerprint density at radius 1 is 1.33 bits per heavy atom. The van der Waals surface area contributed by atoms with Gasteiger partial charge in [0.2, 0.25) is 0 Å². The van der Waals surface area contributed by atoms with E-state index in [0.29, 0.717) is 6.61 Å². The molecule has 0 saturated carbocycles. The largest absolute Gasteiger partial charge is 0.372 e. The monoisotopic (exact) mass is 289 g/mol. The summed E-state index contributed by atoms with van der Waals surface area (Å²) >= 11 is 0. The average molecular weight is 289 g/mol. The standard InChI is InChI=1S/C15H19N3O3/c1-4-21-10-13(19)16-14-11(2)17(3)18(15(14)20)12-8-6-5-7-9-12/h5-9,11H,4,10H2,1-3H3. The van der Waals surface area contributed by atoms with E-state index in [4.69, 9.17) is 4.74 Å². The zero-order valence-electron chi connectivity index (χ0n) is 12.4. The van der Waals surface area contributed by atoms with Crippen LogP contribution < -0.4 is 5.01 Å². The molecule has 1 fully saturated rings. The second-order valence-corrected chi connectivity index (χ2v) is 4.73. The zero-order valence-corrected chi connectivity index (χ0v) is 12.4. The molecule has 1 aliphatic heterocycles. The average Bonchev–Trinajstić information content (AvgIpc) is 2.70. The summed E-state index contributed by atoms with van der Waals surface area (Å²) in [5.74, 6) is -0.712. The Hall–Kier alpha value is -2.05. The Morgan fingerprint density at radius 3 is 2.62 bits per heavy atom. The number of hydrazine groups is 1. The number of hydrogen-bond acceptors (Lipinski definition) is 4. The lowest BCUT2D eigenvalue weighted by molar-refractivity contribution is -0.122. The number of ether oxygens (including phenoxy) is 1. The fourth-order valence-corrected chi connectivity index (χ4v) is 2.15. The van der Waals surface area contributed by atoms with Gasteiger partial charge in [0.05, 0.1) is 11.7 Å². The van der Waals surface area contributed by atoms with Gasteiger partial charge in [0, 0.05) is 13.7 Å². The fraction of sp³-hybridized carbons (Fsp3) is 0.400. The summed E-state index contributed by atoms with van der Waals surface area (Å²) in [4.78, 5) is 28.1. The molecule has 0 radical (unpaired) electrons. The minimum atomic E-state index is -0.435. The van der Waals surface area contributed by atoms with Crippen LogP contribution in [0.3, 0.4) is 0 Å². The molecule has 1 atom stereocenters.